The Morgan fingerprint density at radius 2 is 1.83 bits per heavy atom. The van der Waals surface area contributed by atoms with Gasteiger partial charge in [0.15, 0.2) is 5.79 Å². The van der Waals surface area contributed by atoms with Gasteiger partial charge in [-0.05, 0) is 38.1 Å². The minimum Gasteiger partial charge on any atom is -0.350 e. The molecule has 0 amide bonds. The summed E-state index contributed by atoms with van der Waals surface area (Å²) in [6.45, 7) is 6.10. The van der Waals surface area contributed by atoms with Crippen LogP contribution in [0, 0.1) is 0 Å². The van der Waals surface area contributed by atoms with Gasteiger partial charge in [0.05, 0.1) is 17.5 Å². The first kappa shape index (κ1) is 25.5. The Hall–Kier alpha value is -2.19. The molecule has 3 aliphatic rings. The van der Waals surface area contributed by atoms with Crippen LogP contribution in [0.2, 0.25) is 0 Å². The summed E-state index contributed by atoms with van der Waals surface area (Å²) >= 11 is 0. The molecule has 0 aliphatic carbocycles. The Morgan fingerprint density at radius 3 is 2.50 bits per heavy atom. The Bertz CT molecular complexity index is 1220. The third-order valence-corrected chi connectivity index (χ3v) is 8.72. The minimum atomic E-state index is -3.49. The number of ether oxygens (including phenoxy) is 1. The smallest absolute Gasteiger partial charge is 0.257 e. The second kappa shape index (κ2) is 9.60. The molecule has 1 aromatic carbocycles. The molecule has 0 bridgehead atoms. The second-order valence-corrected chi connectivity index (χ2v) is 12.0. The van der Waals surface area contributed by atoms with Crippen LogP contribution in [0.25, 0.3) is 10.9 Å². The summed E-state index contributed by atoms with van der Waals surface area (Å²) in [4.78, 5) is 7.32. The maximum Gasteiger partial charge on any atom is 0.257 e. The number of nitrogens with one attached hydrogen (secondary N) is 3. The summed E-state index contributed by atoms with van der Waals surface area (Å²) in [5.41, 5.74) is 7.75. The molecular weight excluding hydrogens is 480 g/mol. The van der Waals surface area contributed by atoms with Crippen LogP contribution in [0.3, 0.4) is 0 Å². The first-order valence-electron chi connectivity index (χ1n) is 12.5. The van der Waals surface area contributed by atoms with Gasteiger partial charge in [0.1, 0.15) is 0 Å². The lowest BCUT2D eigenvalue weighted by Crippen LogP contribution is -2.79. The number of aromatic nitrogens is 1. The molecule has 3 aliphatic heterocycles. The van der Waals surface area contributed by atoms with Gasteiger partial charge in [-0.3, -0.25) is 15.5 Å². The number of piperidine rings is 1. The fraction of sp³-hybridized carbons (Fsp3) is 0.583. The van der Waals surface area contributed by atoms with Crippen molar-refractivity contribution in [3.63, 3.8) is 0 Å². The van der Waals surface area contributed by atoms with Crippen molar-refractivity contribution in [2.45, 2.75) is 30.6 Å². The Balaban J connectivity index is 1.46. The van der Waals surface area contributed by atoms with Gasteiger partial charge in [-0.25, -0.2) is 17.7 Å². The number of methoxy groups -OCH3 is 1. The first-order valence-corrected chi connectivity index (χ1v) is 14.3. The third kappa shape index (κ3) is 4.86. The van der Waals surface area contributed by atoms with Crippen molar-refractivity contribution >= 4 is 26.6 Å². The monoisotopic (exact) mass is 518 g/mol. The molecule has 4 heterocycles. The van der Waals surface area contributed by atoms with Crippen LogP contribution in [0.15, 0.2) is 42.7 Å². The van der Waals surface area contributed by atoms with Crippen molar-refractivity contribution in [1.29, 1.82) is 0 Å². The highest BCUT2D eigenvalue weighted by Gasteiger charge is 2.45. The lowest BCUT2D eigenvalue weighted by Gasteiger charge is -2.52. The topological polar surface area (TPSA) is 120 Å². The number of piperazine rings is 1. The van der Waals surface area contributed by atoms with Crippen molar-refractivity contribution in [3.05, 3.63) is 42.7 Å². The van der Waals surface area contributed by atoms with Crippen LogP contribution in [0.4, 0.5) is 5.69 Å². The quantitative estimate of drug-likeness (QED) is 0.393. The highest BCUT2D eigenvalue weighted by Crippen LogP contribution is 2.32. The SMILES string of the molecule is COC1(N)NC=CC(Nc2cccc3ccn(S(C)(=O)=O)c23)(N2CCC(N3CCN(C)CC3)CC2)N1. The van der Waals surface area contributed by atoms with E-state index in [2.05, 4.69) is 37.7 Å². The number of hydrogen-bond donors (Lipinski definition) is 4. The zero-order valence-corrected chi connectivity index (χ0v) is 22.1. The highest BCUT2D eigenvalue weighted by atomic mass is 32.2. The molecule has 2 unspecified atom stereocenters. The van der Waals surface area contributed by atoms with Gasteiger partial charge in [-0.15, -0.1) is 0 Å². The van der Waals surface area contributed by atoms with E-state index >= 15 is 0 Å². The van der Waals surface area contributed by atoms with E-state index in [9.17, 15) is 8.42 Å². The summed E-state index contributed by atoms with van der Waals surface area (Å²) < 4.78 is 31.9. The van der Waals surface area contributed by atoms with E-state index in [0.717, 1.165) is 57.5 Å². The molecule has 1 aromatic heterocycles. The molecule has 2 aromatic rings. The van der Waals surface area contributed by atoms with Gasteiger partial charge in [0.2, 0.25) is 10.0 Å². The van der Waals surface area contributed by atoms with Crippen molar-refractivity contribution in [3.8, 4) is 0 Å². The number of likely N-dealkylation sites (N-methyl/N-ethyl adjacent to an activating group) is 1. The summed E-state index contributed by atoms with van der Waals surface area (Å²) in [6, 6.07) is 8.08. The normalized spacial score (nSPS) is 29.4. The number of fused-ring (bicyclic) bond motifs is 1. The number of hydrogen-bond acceptors (Lipinski definition) is 10. The van der Waals surface area contributed by atoms with E-state index in [0.29, 0.717) is 17.2 Å². The first-order chi connectivity index (χ1) is 17.1. The van der Waals surface area contributed by atoms with Crippen LogP contribution < -0.4 is 21.7 Å². The van der Waals surface area contributed by atoms with Crippen molar-refractivity contribution in [1.82, 2.24) is 29.3 Å². The molecule has 2 fully saturated rings. The van der Waals surface area contributed by atoms with Crippen LogP contribution in [-0.4, -0.2) is 105 Å². The number of rotatable bonds is 6. The lowest BCUT2D eigenvalue weighted by molar-refractivity contribution is -0.102. The zero-order valence-electron chi connectivity index (χ0n) is 21.3. The predicted octanol–water partition coefficient (Wildman–Crippen LogP) is 0.149. The maximum atomic E-state index is 12.5. The van der Waals surface area contributed by atoms with E-state index < -0.39 is 21.8 Å². The number of likely N-dealkylation sites (tertiary alicyclic amines) is 1. The molecule has 36 heavy (non-hydrogen) atoms. The molecule has 198 valence electrons. The fourth-order valence-electron chi connectivity index (χ4n) is 5.61. The third-order valence-electron chi connectivity index (χ3n) is 7.70. The second-order valence-electron chi connectivity index (χ2n) is 10.1. The Morgan fingerprint density at radius 1 is 1.11 bits per heavy atom. The molecule has 5 N–H and O–H groups in total. The Labute approximate surface area is 213 Å². The summed E-state index contributed by atoms with van der Waals surface area (Å²) in [6.07, 6.45) is 8.64. The van der Waals surface area contributed by atoms with E-state index in [1.54, 1.807) is 19.5 Å². The van der Waals surface area contributed by atoms with Crippen LogP contribution in [0.1, 0.15) is 12.8 Å². The molecule has 2 saturated heterocycles. The van der Waals surface area contributed by atoms with Gasteiger partial charge in [-0.2, -0.15) is 0 Å². The summed E-state index contributed by atoms with van der Waals surface area (Å²) in [5, 5.41) is 10.9. The van der Waals surface area contributed by atoms with Crippen molar-refractivity contribution in [2.24, 2.45) is 5.73 Å². The van der Waals surface area contributed by atoms with Gasteiger partial charge >= 0.3 is 0 Å². The predicted molar refractivity (Wildman–Crippen MR) is 142 cm³/mol. The molecule has 12 heteroatoms. The van der Waals surface area contributed by atoms with Gasteiger partial charge in [0, 0.05) is 70.2 Å². The number of para-hydroxylation sites is 1. The van der Waals surface area contributed by atoms with E-state index in [1.165, 1.54) is 10.2 Å². The maximum absolute atomic E-state index is 12.5. The lowest BCUT2D eigenvalue weighted by atomic mass is 10.00. The minimum absolute atomic E-state index is 0.550. The molecule has 0 spiro atoms. The number of nitrogens with zero attached hydrogens (tertiary/aromatic N) is 4. The fourth-order valence-corrected chi connectivity index (χ4v) is 6.43. The number of anilines is 1. The van der Waals surface area contributed by atoms with Gasteiger partial charge < -0.3 is 20.3 Å². The molecule has 0 saturated carbocycles. The summed E-state index contributed by atoms with van der Waals surface area (Å²) in [7, 11) is 0.230. The highest BCUT2D eigenvalue weighted by molar-refractivity contribution is 7.89. The van der Waals surface area contributed by atoms with Crippen molar-refractivity contribution < 1.29 is 13.2 Å². The van der Waals surface area contributed by atoms with E-state index in [-0.39, 0.29) is 0 Å². The molecule has 0 radical (unpaired) electrons. The molecule has 11 nitrogen and oxygen atoms in total. The van der Waals surface area contributed by atoms with Crippen LogP contribution >= 0.6 is 0 Å². The van der Waals surface area contributed by atoms with Crippen LogP contribution in [0.5, 0.6) is 0 Å². The largest absolute Gasteiger partial charge is 0.350 e. The average Bonchev–Trinajstić information content (AvgIpc) is 3.31. The van der Waals surface area contributed by atoms with Gasteiger partial charge in [-0.1, -0.05) is 12.1 Å². The average molecular weight is 519 g/mol. The number of nitrogens with two attached hydrogens (primary N) is 1. The zero-order chi connectivity index (χ0) is 25.6. The Kier molecular flexibility index (Phi) is 6.79. The number of benzene rings is 1. The van der Waals surface area contributed by atoms with Crippen molar-refractivity contribution in [2.75, 3.05) is 65.0 Å². The van der Waals surface area contributed by atoms with E-state index in [1.807, 2.05) is 30.3 Å². The van der Waals surface area contributed by atoms with Crippen LogP contribution in [-0.2, 0) is 14.8 Å². The summed E-state index contributed by atoms with van der Waals surface area (Å²) in [5.74, 6) is -2.20. The van der Waals surface area contributed by atoms with E-state index in [4.69, 9.17) is 10.5 Å². The standard InChI is InChI=1S/C24H38N8O3S/c1-29-15-17-30(18-16-29)20-8-12-31(13-9-20)23(10-11-26-24(25,28-23)35-2)27-21-6-4-5-19-7-14-32(22(19)21)36(3,33)34/h4-7,10-11,14,20,26-28H,8-9,12-13,15-18,25H2,1-3H3. The molecular formula is C24H38N8O3S. The van der Waals surface area contributed by atoms with Gasteiger partial charge in [0.25, 0.3) is 5.97 Å². The molecule has 5 rings (SSSR count). The molecule has 2 atom stereocenters.